The lowest BCUT2D eigenvalue weighted by Gasteiger charge is -2.25. The van der Waals surface area contributed by atoms with E-state index in [1.165, 1.54) is 18.4 Å². The zero-order chi connectivity index (χ0) is 14.0. The predicted octanol–water partition coefficient (Wildman–Crippen LogP) is 2.82. The monoisotopic (exact) mass is 271 g/mol. The highest BCUT2D eigenvalue weighted by Gasteiger charge is 2.41. The van der Waals surface area contributed by atoms with Gasteiger partial charge in [0.25, 0.3) is 0 Å². The largest absolute Gasteiger partial charge is 0.339 e. The highest BCUT2D eigenvalue weighted by molar-refractivity contribution is 5.33. The quantitative estimate of drug-likeness (QED) is 0.928. The number of aromatic nitrogens is 2. The summed E-state index contributed by atoms with van der Waals surface area (Å²) in [5.74, 6) is 1.48. The molecular formula is C16H21N3O. The molecule has 4 heteroatoms. The Kier molecular flexibility index (Phi) is 3.57. The summed E-state index contributed by atoms with van der Waals surface area (Å²) in [7, 11) is 0. The zero-order valence-electron chi connectivity index (χ0n) is 11.9. The standard InChI is InChI=1S/C16H21N3O/c1-12(17)11-14-18-15(19-20-14)16(9-5-6-10-16)13-7-3-2-4-8-13/h2-4,7-8,12H,5-6,9-11,17H2,1H3. The highest BCUT2D eigenvalue weighted by atomic mass is 16.5. The van der Waals surface area contributed by atoms with Crippen molar-refractivity contribution in [1.29, 1.82) is 0 Å². The van der Waals surface area contributed by atoms with Crippen LogP contribution in [0.2, 0.25) is 0 Å². The third-order valence-corrected chi connectivity index (χ3v) is 4.18. The molecule has 2 aromatic rings. The van der Waals surface area contributed by atoms with E-state index in [2.05, 4.69) is 34.4 Å². The van der Waals surface area contributed by atoms with Crippen molar-refractivity contribution in [3.8, 4) is 0 Å². The first-order valence-corrected chi connectivity index (χ1v) is 7.35. The van der Waals surface area contributed by atoms with E-state index in [9.17, 15) is 0 Å². The van der Waals surface area contributed by atoms with Crippen molar-refractivity contribution in [2.24, 2.45) is 5.73 Å². The van der Waals surface area contributed by atoms with Gasteiger partial charge in [0.2, 0.25) is 5.89 Å². The van der Waals surface area contributed by atoms with Gasteiger partial charge < -0.3 is 10.3 Å². The van der Waals surface area contributed by atoms with Gasteiger partial charge >= 0.3 is 0 Å². The number of rotatable bonds is 4. The van der Waals surface area contributed by atoms with Crippen LogP contribution in [0.25, 0.3) is 0 Å². The van der Waals surface area contributed by atoms with Crippen molar-refractivity contribution in [2.75, 3.05) is 0 Å². The Morgan fingerprint density at radius 1 is 1.25 bits per heavy atom. The van der Waals surface area contributed by atoms with Crippen LogP contribution in [0.4, 0.5) is 0 Å². The third kappa shape index (κ3) is 2.36. The summed E-state index contributed by atoms with van der Waals surface area (Å²) < 4.78 is 5.39. The molecule has 1 heterocycles. The molecule has 0 amide bonds. The molecule has 1 aliphatic rings. The Hall–Kier alpha value is -1.68. The molecule has 1 aromatic carbocycles. The molecular weight excluding hydrogens is 250 g/mol. The van der Waals surface area contributed by atoms with Crippen LogP contribution in [-0.4, -0.2) is 16.2 Å². The normalized spacial score (nSPS) is 19.1. The van der Waals surface area contributed by atoms with Gasteiger partial charge in [-0.05, 0) is 25.3 Å². The molecule has 20 heavy (non-hydrogen) atoms. The van der Waals surface area contributed by atoms with E-state index in [1.54, 1.807) is 0 Å². The number of nitrogens with zero attached hydrogens (tertiary/aromatic N) is 2. The molecule has 4 nitrogen and oxygen atoms in total. The number of benzene rings is 1. The van der Waals surface area contributed by atoms with Crippen LogP contribution < -0.4 is 5.73 Å². The van der Waals surface area contributed by atoms with Crippen molar-refractivity contribution in [2.45, 2.75) is 50.5 Å². The molecule has 1 unspecified atom stereocenters. The molecule has 2 N–H and O–H groups in total. The Morgan fingerprint density at radius 2 is 1.95 bits per heavy atom. The number of nitrogens with two attached hydrogens (primary N) is 1. The molecule has 3 rings (SSSR count). The average Bonchev–Trinajstić information content (AvgIpc) is 3.08. The fourth-order valence-corrected chi connectivity index (χ4v) is 3.18. The first-order chi connectivity index (χ1) is 9.71. The van der Waals surface area contributed by atoms with E-state index >= 15 is 0 Å². The van der Waals surface area contributed by atoms with Gasteiger partial charge in [-0.25, -0.2) is 0 Å². The summed E-state index contributed by atoms with van der Waals surface area (Å²) in [4.78, 5) is 4.62. The van der Waals surface area contributed by atoms with Gasteiger partial charge in [-0.15, -0.1) is 0 Å². The zero-order valence-corrected chi connectivity index (χ0v) is 11.9. The summed E-state index contributed by atoms with van der Waals surface area (Å²) >= 11 is 0. The smallest absolute Gasteiger partial charge is 0.228 e. The molecule has 1 atom stereocenters. The minimum atomic E-state index is -0.0686. The minimum absolute atomic E-state index is 0.0413. The van der Waals surface area contributed by atoms with Crippen LogP contribution in [0.5, 0.6) is 0 Å². The lowest BCUT2D eigenvalue weighted by atomic mass is 9.78. The second-order valence-electron chi connectivity index (χ2n) is 5.85. The van der Waals surface area contributed by atoms with Crippen LogP contribution in [0.1, 0.15) is 49.9 Å². The summed E-state index contributed by atoms with van der Waals surface area (Å²) in [6.45, 7) is 1.95. The fraction of sp³-hybridized carbons (Fsp3) is 0.500. The molecule has 1 aliphatic carbocycles. The molecule has 1 aromatic heterocycles. The van der Waals surface area contributed by atoms with Gasteiger partial charge in [0, 0.05) is 12.5 Å². The van der Waals surface area contributed by atoms with Crippen LogP contribution in [0.3, 0.4) is 0 Å². The van der Waals surface area contributed by atoms with E-state index in [1.807, 2.05) is 13.0 Å². The molecule has 1 saturated carbocycles. The molecule has 0 saturated heterocycles. The highest BCUT2D eigenvalue weighted by Crippen LogP contribution is 2.45. The lowest BCUT2D eigenvalue weighted by molar-refractivity contribution is 0.355. The molecule has 106 valence electrons. The Bertz CT molecular complexity index is 556. The molecule has 0 aliphatic heterocycles. The molecule has 0 bridgehead atoms. The predicted molar refractivity (Wildman–Crippen MR) is 77.3 cm³/mol. The van der Waals surface area contributed by atoms with Crippen LogP contribution >= 0.6 is 0 Å². The van der Waals surface area contributed by atoms with Gasteiger partial charge in [-0.2, -0.15) is 4.98 Å². The topological polar surface area (TPSA) is 64.9 Å². The van der Waals surface area contributed by atoms with Crippen LogP contribution in [0, 0.1) is 0 Å². The minimum Gasteiger partial charge on any atom is -0.339 e. The Morgan fingerprint density at radius 3 is 2.60 bits per heavy atom. The lowest BCUT2D eigenvalue weighted by Crippen LogP contribution is -2.25. The number of hydrogen-bond donors (Lipinski definition) is 1. The van der Waals surface area contributed by atoms with Gasteiger partial charge in [0.05, 0.1) is 5.41 Å². The van der Waals surface area contributed by atoms with Gasteiger partial charge in [-0.1, -0.05) is 48.3 Å². The van der Waals surface area contributed by atoms with Gasteiger partial charge in [0.1, 0.15) is 0 Å². The van der Waals surface area contributed by atoms with Crippen molar-refractivity contribution in [1.82, 2.24) is 10.1 Å². The average molecular weight is 271 g/mol. The van der Waals surface area contributed by atoms with E-state index < -0.39 is 0 Å². The summed E-state index contributed by atoms with van der Waals surface area (Å²) in [6, 6.07) is 10.6. The first kappa shape index (κ1) is 13.3. The van der Waals surface area contributed by atoms with Gasteiger partial charge in [0.15, 0.2) is 5.82 Å². The fourth-order valence-electron chi connectivity index (χ4n) is 3.18. The van der Waals surface area contributed by atoms with Crippen molar-refractivity contribution in [3.05, 3.63) is 47.6 Å². The second-order valence-corrected chi connectivity index (χ2v) is 5.85. The SMILES string of the molecule is CC(N)Cc1nc(C2(c3ccccc3)CCCC2)no1. The summed E-state index contributed by atoms with van der Waals surface area (Å²) in [6.07, 6.45) is 5.25. The Balaban J connectivity index is 1.97. The Labute approximate surface area is 119 Å². The second kappa shape index (κ2) is 5.37. The molecule has 0 radical (unpaired) electrons. The van der Waals surface area contributed by atoms with Crippen LogP contribution in [-0.2, 0) is 11.8 Å². The maximum absolute atomic E-state index is 5.80. The third-order valence-electron chi connectivity index (χ3n) is 4.18. The maximum Gasteiger partial charge on any atom is 0.228 e. The van der Waals surface area contributed by atoms with Crippen molar-refractivity contribution < 1.29 is 4.52 Å². The van der Waals surface area contributed by atoms with Crippen molar-refractivity contribution in [3.63, 3.8) is 0 Å². The first-order valence-electron chi connectivity index (χ1n) is 7.35. The van der Waals surface area contributed by atoms with E-state index in [0.29, 0.717) is 12.3 Å². The molecule has 1 fully saturated rings. The van der Waals surface area contributed by atoms with E-state index in [-0.39, 0.29) is 11.5 Å². The van der Waals surface area contributed by atoms with Gasteiger partial charge in [-0.3, -0.25) is 0 Å². The van der Waals surface area contributed by atoms with E-state index in [4.69, 9.17) is 10.3 Å². The maximum atomic E-state index is 5.80. The summed E-state index contributed by atoms with van der Waals surface area (Å²) in [5, 5.41) is 4.26. The van der Waals surface area contributed by atoms with Crippen molar-refractivity contribution >= 4 is 0 Å². The van der Waals surface area contributed by atoms with E-state index in [0.717, 1.165) is 18.7 Å². The number of hydrogen-bond acceptors (Lipinski definition) is 4. The molecule has 0 spiro atoms. The summed E-state index contributed by atoms with van der Waals surface area (Å²) in [5.41, 5.74) is 7.03. The van der Waals surface area contributed by atoms with Crippen LogP contribution in [0.15, 0.2) is 34.9 Å².